The number of nitrogens with one attached hydrogen (secondary N) is 2. The van der Waals surface area contributed by atoms with E-state index < -0.39 is 22.0 Å². The summed E-state index contributed by atoms with van der Waals surface area (Å²) in [4.78, 5) is 16.7. The topological polar surface area (TPSA) is 81.8 Å². The summed E-state index contributed by atoms with van der Waals surface area (Å²) in [5.41, 5.74) is 3.60. The maximum Gasteiger partial charge on any atom is 0.261 e. The molecule has 0 spiro atoms. The number of aryl methyl sites for hydroxylation is 2. The summed E-state index contributed by atoms with van der Waals surface area (Å²) >= 11 is 0. The molecule has 1 atom stereocenters. The third-order valence-corrected chi connectivity index (χ3v) is 6.83. The van der Waals surface area contributed by atoms with Crippen molar-refractivity contribution in [3.63, 3.8) is 0 Å². The van der Waals surface area contributed by atoms with Gasteiger partial charge in [-0.2, -0.15) is 4.72 Å². The number of amides is 1. The first-order valence-corrected chi connectivity index (χ1v) is 10.9. The second-order valence-corrected chi connectivity index (χ2v) is 9.12. The fraction of sp³-hybridized carbons (Fsp3) is 0.350. The maximum absolute atomic E-state index is 13.5. The van der Waals surface area contributed by atoms with Crippen molar-refractivity contribution in [2.24, 2.45) is 0 Å². The van der Waals surface area contributed by atoms with Crippen LogP contribution in [-0.2, 0) is 14.8 Å². The Bertz CT molecular complexity index is 1070. The lowest BCUT2D eigenvalue weighted by Crippen LogP contribution is -2.58. The van der Waals surface area contributed by atoms with E-state index in [1.165, 1.54) is 17.2 Å². The summed E-state index contributed by atoms with van der Waals surface area (Å²) in [6, 6.07) is 9.64. The second kappa shape index (κ2) is 7.31. The largest absolute Gasteiger partial charge is 0.368 e. The Balaban J connectivity index is 1.47. The van der Waals surface area contributed by atoms with Gasteiger partial charge in [-0.1, -0.05) is 12.1 Å². The number of sulfonamides is 1. The first-order chi connectivity index (χ1) is 13.7. The van der Waals surface area contributed by atoms with Gasteiger partial charge < -0.3 is 15.1 Å². The molecule has 2 heterocycles. The van der Waals surface area contributed by atoms with Crippen molar-refractivity contribution in [1.29, 1.82) is 0 Å². The van der Waals surface area contributed by atoms with Crippen LogP contribution >= 0.6 is 0 Å². The second-order valence-electron chi connectivity index (χ2n) is 7.44. The highest BCUT2D eigenvalue weighted by Crippen LogP contribution is 2.28. The number of carbonyl (C=O) groups is 1. The SMILES string of the molecule is Cc1ccc(C)c(N2CCN(C(=O)C3Nc4cc(F)ccc4S(=O)(=O)N3)CC2)c1. The van der Waals surface area contributed by atoms with Crippen molar-refractivity contribution in [3.05, 3.63) is 53.3 Å². The van der Waals surface area contributed by atoms with Crippen LogP contribution in [0.1, 0.15) is 11.1 Å². The van der Waals surface area contributed by atoms with E-state index in [2.05, 4.69) is 40.1 Å². The zero-order valence-corrected chi connectivity index (χ0v) is 17.1. The third-order valence-electron chi connectivity index (χ3n) is 5.35. The normalized spacial score (nSPS) is 20.7. The van der Waals surface area contributed by atoms with E-state index in [4.69, 9.17) is 0 Å². The van der Waals surface area contributed by atoms with Gasteiger partial charge in [0, 0.05) is 31.9 Å². The molecule has 2 aromatic carbocycles. The highest BCUT2D eigenvalue weighted by atomic mass is 32.2. The quantitative estimate of drug-likeness (QED) is 0.778. The van der Waals surface area contributed by atoms with Crippen molar-refractivity contribution in [2.45, 2.75) is 24.9 Å². The van der Waals surface area contributed by atoms with Crippen LogP contribution in [0, 0.1) is 19.7 Å². The van der Waals surface area contributed by atoms with Gasteiger partial charge in [-0.25, -0.2) is 12.8 Å². The van der Waals surface area contributed by atoms with Crippen LogP contribution < -0.4 is 14.9 Å². The smallest absolute Gasteiger partial charge is 0.261 e. The number of anilines is 2. The van der Waals surface area contributed by atoms with E-state index in [9.17, 15) is 17.6 Å². The molecule has 29 heavy (non-hydrogen) atoms. The molecule has 0 radical (unpaired) electrons. The molecule has 9 heteroatoms. The minimum atomic E-state index is -3.89. The van der Waals surface area contributed by atoms with Crippen LogP contribution in [0.15, 0.2) is 41.3 Å². The number of carbonyl (C=O) groups excluding carboxylic acids is 1. The molecule has 2 aliphatic heterocycles. The molecule has 1 amide bonds. The summed E-state index contributed by atoms with van der Waals surface area (Å²) in [6.07, 6.45) is -1.15. The summed E-state index contributed by atoms with van der Waals surface area (Å²) in [5.74, 6) is -0.939. The molecule has 1 saturated heterocycles. The molecule has 1 unspecified atom stereocenters. The standard InChI is InChI=1S/C20H23FN4O3S/c1-13-3-4-14(2)17(11-13)24-7-9-25(10-8-24)20(26)19-22-16-12-15(21)5-6-18(16)29(27,28)23-19/h3-6,11-12,19,22-23H,7-10H2,1-2H3. The molecule has 0 aliphatic carbocycles. The average Bonchev–Trinajstić information content (AvgIpc) is 2.68. The molecule has 2 N–H and O–H groups in total. The van der Waals surface area contributed by atoms with E-state index >= 15 is 0 Å². The Morgan fingerprint density at radius 1 is 1.07 bits per heavy atom. The summed E-state index contributed by atoms with van der Waals surface area (Å²) in [5, 5.41) is 2.81. The van der Waals surface area contributed by atoms with Crippen molar-refractivity contribution in [2.75, 3.05) is 36.4 Å². The monoisotopic (exact) mass is 418 g/mol. The van der Waals surface area contributed by atoms with Crippen molar-refractivity contribution in [1.82, 2.24) is 9.62 Å². The van der Waals surface area contributed by atoms with E-state index in [-0.39, 0.29) is 16.5 Å². The zero-order chi connectivity index (χ0) is 20.8. The van der Waals surface area contributed by atoms with Gasteiger partial charge in [0.25, 0.3) is 5.91 Å². The molecule has 0 saturated carbocycles. The highest BCUT2D eigenvalue weighted by molar-refractivity contribution is 7.89. The summed E-state index contributed by atoms with van der Waals surface area (Å²) < 4.78 is 40.8. The molecular formula is C20H23FN4O3S. The molecule has 4 rings (SSSR count). The number of halogens is 1. The molecule has 154 valence electrons. The molecule has 2 aromatic rings. The van der Waals surface area contributed by atoms with Crippen LogP contribution in [-0.4, -0.2) is 51.6 Å². The number of piperazine rings is 1. The van der Waals surface area contributed by atoms with Crippen molar-refractivity contribution < 1.29 is 17.6 Å². The number of benzene rings is 2. The van der Waals surface area contributed by atoms with E-state index in [0.29, 0.717) is 26.2 Å². The van der Waals surface area contributed by atoms with Gasteiger partial charge in [0.15, 0.2) is 6.17 Å². The lowest BCUT2D eigenvalue weighted by atomic mass is 10.1. The lowest BCUT2D eigenvalue weighted by Gasteiger charge is -2.39. The lowest BCUT2D eigenvalue weighted by molar-refractivity contribution is -0.132. The average molecular weight is 418 g/mol. The summed E-state index contributed by atoms with van der Waals surface area (Å²) in [7, 11) is -3.89. The molecule has 2 aliphatic rings. The third kappa shape index (κ3) is 3.79. The number of hydrogen-bond acceptors (Lipinski definition) is 5. The van der Waals surface area contributed by atoms with E-state index in [1.54, 1.807) is 4.90 Å². The Kier molecular flexibility index (Phi) is 4.95. The minimum absolute atomic E-state index is 0.0670. The van der Waals surface area contributed by atoms with Gasteiger partial charge in [-0.05, 0) is 49.2 Å². The van der Waals surface area contributed by atoms with Crippen LogP contribution in [0.2, 0.25) is 0 Å². The maximum atomic E-state index is 13.5. The van der Waals surface area contributed by atoms with Crippen molar-refractivity contribution in [3.8, 4) is 0 Å². The molecule has 7 nitrogen and oxygen atoms in total. The fourth-order valence-electron chi connectivity index (χ4n) is 3.78. The van der Waals surface area contributed by atoms with Crippen LogP contribution in [0.4, 0.5) is 15.8 Å². The van der Waals surface area contributed by atoms with Gasteiger partial charge in [0.2, 0.25) is 10.0 Å². The molecule has 0 aromatic heterocycles. The molecular weight excluding hydrogens is 395 g/mol. The van der Waals surface area contributed by atoms with Gasteiger partial charge in [0.05, 0.1) is 5.69 Å². The number of hydrogen-bond donors (Lipinski definition) is 2. The Hall–Kier alpha value is -2.65. The predicted octanol–water partition coefficient (Wildman–Crippen LogP) is 1.82. The zero-order valence-electron chi connectivity index (χ0n) is 16.3. The van der Waals surface area contributed by atoms with Crippen molar-refractivity contribution >= 4 is 27.3 Å². The minimum Gasteiger partial charge on any atom is -0.368 e. The highest BCUT2D eigenvalue weighted by Gasteiger charge is 2.36. The molecule has 0 bridgehead atoms. The van der Waals surface area contributed by atoms with Crippen LogP contribution in [0.5, 0.6) is 0 Å². The number of nitrogens with zero attached hydrogens (tertiary/aromatic N) is 2. The first kappa shape index (κ1) is 19.7. The molecule has 1 fully saturated rings. The Morgan fingerprint density at radius 3 is 2.52 bits per heavy atom. The fourth-order valence-corrected chi connectivity index (χ4v) is 5.03. The number of fused-ring (bicyclic) bond motifs is 1. The van der Waals surface area contributed by atoms with Gasteiger partial charge in [-0.3, -0.25) is 4.79 Å². The van der Waals surface area contributed by atoms with Gasteiger partial charge in [-0.15, -0.1) is 0 Å². The first-order valence-electron chi connectivity index (χ1n) is 9.44. The van der Waals surface area contributed by atoms with Gasteiger partial charge >= 0.3 is 0 Å². The van der Waals surface area contributed by atoms with E-state index in [1.807, 2.05) is 6.92 Å². The predicted molar refractivity (Wildman–Crippen MR) is 109 cm³/mol. The number of rotatable bonds is 2. The van der Waals surface area contributed by atoms with Gasteiger partial charge in [0.1, 0.15) is 10.7 Å². The Morgan fingerprint density at radius 2 is 1.79 bits per heavy atom. The Labute approximate surface area is 169 Å². The van der Waals surface area contributed by atoms with Crippen LogP contribution in [0.3, 0.4) is 0 Å². The van der Waals surface area contributed by atoms with Crippen LogP contribution in [0.25, 0.3) is 0 Å². The van der Waals surface area contributed by atoms with E-state index in [0.717, 1.165) is 17.8 Å². The summed E-state index contributed by atoms with van der Waals surface area (Å²) in [6.45, 7) is 6.36.